The molecule has 0 fully saturated rings. The molecular formula is C20H21N3O4. The number of ether oxygens (including phenoxy) is 2. The average Bonchev–Trinajstić information content (AvgIpc) is 2.69. The zero-order valence-electron chi connectivity index (χ0n) is 15.1. The van der Waals surface area contributed by atoms with E-state index in [0.29, 0.717) is 24.7 Å². The lowest BCUT2D eigenvalue weighted by atomic mass is 10.1. The summed E-state index contributed by atoms with van der Waals surface area (Å²) in [6.45, 7) is 1.16. The van der Waals surface area contributed by atoms with Gasteiger partial charge in [0.1, 0.15) is 5.75 Å². The molecule has 0 bridgehead atoms. The summed E-state index contributed by atoms with van der Waals surface area (Å²) in [6.07, 6.45) is 2.37. The highest BCUT2D eigenvalue weighted by atomic mass is 16.5. The molecule has 3 rings (SSSR count). The molecule has 7 heteroatoms. The number of hydrogen-bond acceptors (Lipinski definition) is 6. The van der Waals surface area contributed by atoms with Crippen molar-refractivity contribution < 1.29 is 19.0 Å². The molecule has 2 heterocycles. The van der Waals surface area contributed by atoms with Crippen LogP contribution in [-0.4, -0.2) is 31.2 Å². The van der Waals surface area contributed by atoms with Gasteiger partial charge < -0.3 is 14.7 Å². The molecule has 0 spiro atoms. The highest BCUT2D eigenvalue weighted by molar-refractivity contribution is 5.81. The maximum absolute atomic E-state index is 11.5. The molecule has 0 aliphatic rings. The smallest absolute Gasteiger partial charge is 0.311 e. The van der Waals surface area contributed by atoms with E-state index in [-0.39, 0.29) is 12.4 Å². The fourth-order valence-electron chi connectivity index (χ4n) is 2.60. The van der Waals surface area contributed by atoms with Crippen molar-refractivity contribution in [2.45, 2.75) is 12.8 Å². The Labute approximate surface area is 157 Å². The lowest BCUT2D eigenvalue weighted by Crippen LogP contribution is -2.30. The van der Waals surface area contributed by atoms with E-state index < -0.39 is 0 Å². The van der Waals surface area contributed by atoms with Gasteiger partial charge in [0.2, 0.25) is 0 Å². The van der Waals surface area contributed by atoms with Gasteiger partial charge in [-0.05, 0) is 30.3 Å². The summed E-state index contributed by atoms with van der Waals surface area (Å²) in [5.41, 5.74) is 1.47. The first-order valence-corrected chi connectivity index (χ1v) is 8.67. The molecule has 7 nitrogen and oxygen atoms in total. The third-order valence-corrected chi connectivity index (χ3v) is 3.99. The maximum Gasteiger partial charge on any atom is 0.311 e. The van der Waals surface area contributed by atoms with Crippen LogP contribution in [-0.2, 0) is 16.0 Å². The minimum atomic E-state index is -0.312. The highest BCUT2D eigenvalue weighted by Gasteiger charge is 2.06. The zero-order valence-corrected chi connectivity index (χ0v) is 15.1. The van der Waals surface area contributed by atoms with E-state index in [0.717, 1.165) is 27.8 Å². The molecule has 0 unspecified atom stereocenters. The Balaban J connectivity index is 1.51. The van der Waals surface area contributed by atoms with Gasteiger partial charge in [0, 0.05) is 17.9 Å². The van der Waals surface area contributed by atoms with Crippen LogP contribution in [0.5, 0.6) is 5.75 Å². The van der Waals surface area contributed by atoms with Crippen molar-refractivity contribution in [2.75, 3.05) is 25.6 Å². The first-order valence-electron chi connectivity index (χ1n) is 8.67. The van der Waals surface area contributed by atoms with Gasteiger partial charge in [0.15, 0.2) is 0 Å². The van der Waals surface area contributed by atoms with E-state index >= 15 is 0 Å². The molecule has 0 saturated carbocycles. The quantitative estimate of drug-likeness (QED) is 0.285. The third-order valence-electron chi connectivity index (χ3n) is 3.99. The number of hydrogen-bond donors (Lipinski definition) is 1. The van der Waals surface area contributed by atoms with E-state index in [2.05, 4.69) is 15.0 Å². The second-order valence-electron chi connectivity index (χ2n) is 5.95. The van der Waals surface area contributed by atoms with Gasteiger partial charge >= 0.3 is 5.97 Å². The van der Waals surface area contributed by atoms with E-state index in [9.17, 15) is 10.0 Å². The van der Waals surface area contributed by atoms with Gasteiger partial charge in [-0.2, -0.15) is 0 Å². The van der Waals surface area contributed by atoms with Gasteiger partial charge in [-0.25, -0.2) is 4.73 Å². The van der Waals surface area contributed by atoms with Gasteiger partial charge in [0.25, 0.3) is 5.82 Å². The normalized spacial score (nSPS) is 10.6. The molecule has 0 aliphatic heterocycles. The summed E-state index contributed by atoms with van der Waals surface area (Å²) in [6, 6.07) is 14.6. The Hall–Kier alpha value is -3.35. The van der Waals surface area contributed by atoms with Crippen molar-refractivity contribution in [3.05, 3.63) is 65.6 Å². The Bertz CT molecular complexity index is 930. The van der Waals surface area contributed by atoms with Gasteiger partial charge in [0.05, 0.1) is 44.1 Å². The van der Waals surface area contributed by atoms with Crippen molar-refractivity contribution in [1.29, 1.82) is 0 Å². The highest BCUT2D eigenvalue weighted by Crippen LogP contribution is 2.20. The molecule has 27 heavy (non-hydrogen) atoms. The number of carbonyl (C=O) groups is 1. The number of esters is 1. The van der Waals surface area contributed by atoms with Crippen LogP contribution in [0.3, 0.4) is 0 Å². The maximum atomic E-state index is 11.5. The van der Waals surface area contributed by atoms with E-state index in [1.54, 1.807) is 12.1 Å². The number of anilines is 1. The number of methoxy groups -OCH3 is 1. The van der Waals surface area contributed by atoms with E-state index in [4.69, 9.17) is 4.74 Å². The van der Waals surface area contributed by atoms with Crippen LogP contribution >= 0.6 is 0 Å². The van der Waals surface area contributed by atoms with Gasteiger partial charge in [-0.3, -0.25) is 15.1 Å². The van der Waals surface area contributed by atoms with E-state index in [1.165, 1.54) is 13.3 Å². The third kappa shape index (κ3) is 5.07. The fourth-order valence-corrected chi connectivity index (χ4v) is 2.60. The lowest BCUT2D eigenvalue weighted by Gasteiger charge is -2.09. The summed E-state index contributed by atoms with van der Waals surface area (Å²) in [5.74, 6) is 0.967. The Morgan fingerprint density at radius 1 is 1.22 bits per heavy atom. The minimum absolute atomic E-state index is 0.155. The predicted molar refractivity (Wildman–Crippen MR) is 101 cm³/mol. The summed E-state index contributed by atoms with van der Waals surface area (Å²) < 4.78 is 11.2. The number of aromatic nitrogens is 2. The van der Waals surface area contributed by atoms with Crippen LogP contribution in [0.1, 0.15) is 12.1 Å². The van der Waals surface area contributed by atoms with Crippen LogP contribution in [0, 0.1) is 5.21 Å². The summed E-state index contributed by atoms with van der Waals surface area (Å²) >= 11 is 0. The lowest BCUT2D eigenvalue weighted by molar-refractivity contribution is -0.590. The monoisotopic (exact) mass is 367 g/mol. The molecule has 2 aromatic heterocycles. The second kappa shape index (κ2) is 8.84. The second-order valence-corrected chi connectivity index (χ2v) is 5.95. The molecule has 0 saturated heterocycles. The van der Waals surface area contributed by atoms with Crippen LogP contribution < -0.4 is 14.8 Å². The van der Waals surface area contributed by atoms with Crippen LogP contribution in [0.25, 0.3) is 10.9 Å². The molecule has 140 valence electrons. The van der Waals surface area contributed by atoms with Crippen molar-refractivity contribution in [3.8, 4) is 5.75 Å². The first kappa shape index (κ1) is 18.4. The topological polar surface area (TPSA) is 87.4 Å². The van der Waals surface area contributed by atoms with Crippen LogP contribution in [0.15, 0.2) is 54.7 Å². The molecule has 3 aromatic rings. The standard InChI is InChI=1S/C20H21N3O4/c1-26-20(24)14-16-7-6-15-13-17(8-9-18(15)22-16)27-12-4-10-21-19-5-2-3-11-23(19)25/h2-3,5-9,11,13,21H,4,10,12,14H2,1H3. The summed E-state index contributed by atoms with van der Waals surface area (Å²) in [5, 5.41) is 15.5. The largest absolute Gasteiger partial charge is 0.711 e. The fraction of sp³-hybridized carbons (Fsp3) is 0.250. The van der Waals surface area contributed by atoms with Gasteiger partial charge in [-0.15, -0.1) is 0 Å². The average molecular weight is 367 g/mol. The number of benzene rings is 1. The summed E-state index contributed by atoms with van der Waals surface area (Å²) in [7, 11) is 1.36. The van der Waals surface area contributed by atoms with E-state index in [1.807, 2.05) is 36.4 Å². The molecule has 1 aromatic carbocycles. The zero-order chi connectivity index (χ0) is 19.1. The number of fused-ring (bicyclic) bond motifs is 1. The molecule has 0 atom stereocenters. The van der Waals surface area contributed by atoms with Crippen molar-refractivity contribution in [3.63, 3.8) is 0 Å². The number of carbonyl (C=O) groups excluding carboxylic acids is 1. The van der Waals surface area contributed by atoms with Crippen LogP contribution in [0.2, 0.25) is 0 Å². The predicted octanol–water partition coefficient (Wildman–Crippen LogP) is 2.46. The van der Waals surface area contributed by atoms with Crippen molar-refractivity contribution in [1.82, 2.24) is 4.98 Å². The molecule has 0 radical (unpaired) electrons. The van der Waals surface area contributed by atoms with Crippen LogP contribution in [0.4, 0.5) is 5.82 Å². The molecular weight excluding hydrogens is 346 g/mol. The summed E-state index contributed by atoms with van der Waals surface area (Å²) in [4.78, 5) is 15.8. The molecule has 0 amide bonds. The van der Waals surface area contributed by atoms with Gasteiger partial charge in [-0.1, -0.05) is 12.1 Å². The number of rotatable bonds is 8. The van der Waals surface area contributed by atoms with Crippen molar-refractivity contribution >= 4 is 22.7 Å². The first-order chi connectivity index (χ1) is 13.2. The number of nitrogens with zero attached hydrogens (tertiary/aromatic N) is 2. The Kier molecular flexibility index (Phi) is 6.04. The van der Waals surface area contributed by atoms with Crippen molar-refractivity contribution in [2.24, 2.45) is 0 Å². The Morgan fingerprint density at radius 3 is 2.93 bits per heavy atom. The Morgan fingerprint density at radius 2 is 2.11 bits per heavy atom. The molecule has 0 aliphatic carbocycles. The minimum Gasteiger partial charge on any atom is -0.711 e. The molecule has 1 N–H and O–H groups in total. The number of pyridine rings is 2. The number of nitrogens with one attached hydrogen (secondary N) is 1. The SMILES string of the molecule is COC(=O)Cc1ccc2cc(OCCCNc3cccc[n+]3[O-])ccc2n1.